The number of hydrogen-bond donors (Lipinski definition) is 2. The van der Waals surface area contributed by atoms with E-state index in [2.05, 4.69) is 5.32 Å². The highest BCUT2D eigenvalue weighted by Gasteiger charge is 2.21. The molecule has 5 heteroatoms. The van der Waals surface area contributed by atoms with Gasteiger partial charge in [-0.3, -0.25) is 4.79 Å². The lowest BCUT2D eigenvalue weighted by Gasteiger charge is -2.08. The number of aromatic hydroxyl groups is 1. The third-order valence-corrected chi connectivity index (χ3v) is 4.46. The van der Waals surface area contributed by atoms with Crippen LogP contribution in [0.4, 0.5) is 0 Å². The van der Waals surface area contributed by atoms with Gasteiger partial charge in [-0.05, 0) is 24.3 Å². The summed E-state index contributed by atoms with van der Waals surface area (Å²) in [5.41, 5.74) is 1.95. The van der Waals surface area contributed by atoms with Gasteiger partial charge in [-0.2, -0.15) is 0 Å². The van der Waals surface area contributed by atoms with Gasteiger partial charge in [0.15, 0.2) is 5.76 Å². The zero-order valence-corrected chi connectivity index (χ0v) is 15.1. The van der Waals surface area contributed by atoms with Crippen LogP contribution in [-0.4, -0.2) is 11.0 Å². The van der Waals surface area contributed by atoms with E-state index in [0.717, 1.165) is 5.39 Å². The fraction of sp³-hybridized carbons (Fsp3) is 0.0870. The second kappa shape index (κ2) is 7.88. The van der Waals surface area contributed by atoms with Crippen molar-refractivity contribution in [2.24, 2.45) is 0 Å². The Kier molecular flexibility index (Phi) is 4.97. The summed E-state index contributed by atoms with van der Waals surface area (Å²) in [5, 5.41) is 13.5. The molecule has 2 N–H and O–H groups in total. The average Bonchev–Trinajstić information content (AvgIpc) is 3.11. The third-order valence-electron chi connectivity index (χ3n) is 4.46. The van der Waals surface area contributed by atoms with Crippen molar-refractivity contribution < 1.29 is 19.1 Å². The molecule has 140 valence electrons. The van der Waals surface area contributed by atoms with Gasteiger partial charge in [0.1, 0.15) is 23.7 Å². The Morgan fingerprint density at radius 2 is 1.64 bits per heavy atom. The summed E-state index contributed by atoms with van der Waals surface area (Å²) in [7, 11) is 0. The molecule has 0 spiro atoms. The molecule has 0 fully saturated rings. The van der Waals surface area contributed by atoms with Gasteiger partial charge in [0.25, 0.3) is 5.91 Å². The Bertz CT molecular complexity index is 1100. The molecule has 3 aromatic carbocycles. The number of phenolic OH excluding ortho intramolecular Hbond substituents is 1. The number of amides is 1. The van der Waals surface area contributed by atoms with E-state index in [0.29, 0.717) is 22.5 Å². The molecule has 4 aromatic rings. The van der Waals surface area contributed by atoms with Crippen LogP contribution >= 0.6 is 0 Å². The molecular formula is C23H19NO4. The van der Waals surface area contributed by atoms with Crippen molar-refractivity contribution in [3.63, 3.8) is 0 Å². The minimum atomic E-state index is -0.355. The third kappa shape index (κ3) is 3.69. The molecule has 1 amide bonds. The normalized spacial score (nSPS) is 10.7. The fourth-order valence-corrected chi connectivity index (χ4v) is 3.01. The largest absolute Gasteiger partial charge is 0.508 e. The first-order chi connectivity index (χ1) is 13.7. The summed E-state index contributed by atoms with van der Waals surface area (Å²) in [4.78, 5) is 12.8. The van der Waals surface area contributed by atoms with E-state index < -0.39 is 0 Å². The lowest BCUT2D eigenvalue weighted by Crippen LogP contribution is -2.23. The molecule has 1 aromatic heterocycles. The Morgan fingerprint density at radius 1 is 0.929 bits per heavy atom. The summed E-state index contributed by atoms with van der Waals surface area (Å²) in [6.45, 7) is 0.405. The average molecular weight is 373 g/mol. The topological polar surface area (TPSA) is 71.7 Å². The van der Waals surface area contributed by atoms with Crippen LogP contribution in [0.5, 0.6) is 11.5 Å². The van der Waals surface area contributed by atoms with Gasteiger partial charge >= 0.3 is 0 Å². The SMILES string of the molecule is O=C(NCc1ccccc1O)c1oc2ccccc2c1COc1ccccc1. The predicted octanol–water partition coefficient (Wildman–Crippen LogP) is 4.65. The monoisotopic (exact) mass is 373 g/mol. The highest BCUT2D eigenvalue weighted by atomic mass is 16.5. The van der Waals surface area contributed by atoms with Crippen LogP contribution < -0.4 is 10.1 Å². The van der Waals surface area contributed by atoms with Gasteiger partial charge in [-0.15, -0.1) is 0 Å². The molecule has 5 nitrogen and oxygen atoms in total. The van der Waals surface area contributed by atoms with Crippen LogP contribution in [0.25, 0.3) is 11.0 Å². The minimum absolute atomic E-state index is 0.139. The Hall–Kier alpha value is -3.73. The number of benzene rings is 3. The van der Waals surface area contributed by atoms with Crippen molar-refractivity contribution in [3.8, 4) is 11.5 Å². The molecule has 1 heterocycles. The van der Waals surface area contributed by atoms with Gasteiger partial charge in [0, 0.05) is 23.1 Å². The van der Waals surface area contributed by atoms with Crippen molar-refractivity contribution in [2.75, 3.05) is 0 Å². The molecule has 0 aliphatic rings. The van der Waals surface area contributed by atoms with E-state index in [4.69, 9.17) is 9.15 Å². The fourth-order valence-electron chi connectivity index (χ4n) is 3.01. The number of ether oxygens (including phenoxy) is 1. The molecule has 0 unspecified atom stereocenters. The zero-order valence-electron chi connectivity index (χ0n) is 15.1. The van der Waals surface area contributed by atoms with E-state index >= 15 is 0 Å². The number of fused-ring (bicyclic) bond motifs is 1. The summed E-state index contributed by atoms with van der Waals surface area (Å²) in [6, 6.07) is 23.8. The number of carbonyl (C=O) groups is 1. The van der Waals surface area contributed by atoms with Crippen LogP contribution in [0.3, 0.4) is 0 Å². The van der Waals surface area contributed by atoms with Crippen molar-refractivity contribution in [1.82, 2.24) is 5.32 Å². The second-order valence-corrected chi connectivity index (χ2v) is 6.32. The first-order valence-electron chi connectivity index (χ1n) is 8.95. The highest BCUT2D eigenvalue weighted by Crippen LogP contribution is 2.27. The van der Waals surface area contributed by atoms with E-state index in [-0.39, 0.29) is 30.6 Å². The van der Waals surface area contributed by atoms with E-state index in [9.17, 15) is 9.90 Å². The lowest BCUT2D eigenvalue weighted by atomic mass is 10.1. The standard InChI is InChI=1S/C23H19NO4/c25-20-12-6-4-8-16(20)14-24-23(26)22-19(15-27-17-9-2-1-3-10-17)18-11-5-7-13-21(18)28-22/h1-13,25H,14-15H2,(H,24,26). The lowest BCUT2D eigenvalue weighted by molar-refractivity contribution is 0.0921. The number of furan rings is 1. The second-order valence-electron chi connectivity index (χ2n) is 6.32. The van der Waals surface area contributed by atoms with Crippen molar-refractivity contribution in [2.45, 2.75) is 13.2 Å². The Labute approximate surface area is 162 Å². The first kappa shape index (κ1) is 17.7. The zero-order chi connectivity index (χ0) is 19.3. The van der Waals surface area contributed by atoms with Crippen LogP contribution in [0.1, 0.15) is 21.7 Å². The van der Waals surface area contributed by atoms with Crippen LogP contribution in [0, 0.1) is 0 Å². The smallest absolute Gasteiger partial charge is 0.287 e. The maximum Gasteiger partial charge on any atom is 0.287 e. The minimum Gasteiger partial charge on any atom is -0.508 e. The van der Waals surface area contributed by atoms with E-state index in [1.54, 1.807) is 18.2 Å². The molecule has 0 aliphatic carbocycles. The van der Waals surface area contributed by atoms with Crippen molar-refractivity contribution in [3.05, 3.63) is 95.7 Å². The van der Waals surface area contributed by atoms with Crippen LogP contribution in [0.15, 0.2) is 83.3 Å². The Balaban J connectivity index is 1.58. The molecule has 0 saturated carbocycles. The molecule has 0 radical (unpaired) electrons. The number of rotatable bonds is 6. The quantitative estimate of drug-likeness (QED) is 0.516. The first-order valence-corrected chi connectivity index (χ1v) is 8.95. The van der Waals surface area contributed by atoms with Crippen LogP contribution in [0.2, 0.25) is 0 Å². The molecular weight excluding hydrogens is 354 g/mol. The summed E-state index contributed by atoms with van der Waals surface area (Å²) in [5.74, 6) is 0.715. The van der Waals surface area contributed by atoms with Crippen LogP contribution in [-0.2, 0) is 13.2 Å². The number of para-hydroxylation sites is 3. The van der Waals surface area contributed by atoms with Gasteiger partial charge in [-0.25, -0.2) is 0 Å². The summed E-state index contributed by atoms with van der Waals surface area (Å²) in [6.07, 6.45) is 0. The highest BCUT2D eigenvalue weighted by molar-refractivity contribution is 5.99. The number of carbonyl (C=O) groups excluding carboxylic acids is 1. The predicted molar refractivity (Wildman–Crippen MR) is 106 cm³/mol. The number of phenols is 1. The molecule has 4 rings (SSSR count). The van der Waals surface area contributed by atoms with Crippen molar-refractivity contribution in [1.29, 1.82) is 0 Å². The van der Waals surface area contributed by atoms with Gasteiger partial charge < -0.3 is 19.6 Å². The van der Waals surface area contributed by atoms with E-state index in [1.165, 1.54) is 0 Å². The summed E-state index contributed by atoms with van der Waals surface area (Å²) < 4.78 is 11.7. The maximum absolute atomic E-state index is 12.8. The molecule has 0 saturated heterocycles. The van der Waals surface area contributed by atoms with Gasteiger partial charge in [-0.1, -0.05) is 54.6 Å². The Morgan fingerprint density at radius 3 is 2.46 bits per heavy atom. The molecule has 28 heavy (non-hydrogen) atoms. The van der Waals surface area contributed by atoms with Gasteiger partial charge in [0.05, 0.1) is 0 Å². The summed E-state index contributed by atoms with van der Waals surface area (Å²) >= 11 is 0. The molecule has 0 bridgehead atoms. The maximum atomic E-state index is 12.8. The number of nitrogens with one attached hydrogen (secondary N) is 1. The van der Waals surface area contributed by atoms with Crippen molar-refractivity contribution >= 4 is 16.9 Å². The number of hydrogen-bond acceptors (Lipinski definition) is 4. The van der Waals surface area contributed by atoms with Gasteiger partial charge in [0.2, 0.25) is 0 Å². The molecule has 0 aliphatic heterocycles. The molecule has 0 atom stereocenters. The van der Waals surface area contributed by atoms with E-state index in [1.807, 2.05) is 60.7 Å².